The molecule has 1 aliphatic heterocycles. The Hall–Kier alpha value is -3.32. The average Bonchev–Trinajstić information content (AvgIpc) is 2.83. The SMILES string of the molecule is COc1ccccc1N(C)S(=O)(=O)c1ccc(C)c(C(=O)N2CCCc3cccc(C)c32)c1. The minimum Gasteiger partial charge on any atom is -0.495 e. The van der Waals surface area contributed by atoms with Gasteiger partial charge in [0.15, 0.2) is 0 Å². The molecule has 0 saturated heterocycles. The summed E-state index contributed by atoms with van der Waals surface area (Å²) in [6, 6.07) is 17.7. The molecule has 0 fully saturated rings. The summed E-state index contributed by atoms with van der Waals surface area (Å²) in [6.45, 7) is 4.44. The fourth-order valence-electron chi connectivity index (χ4n) is 4.37. The van der Waals surface area contributed by atoms with Gasteiger partial charge in [0.1, 0.15) is 5.75 Å². The molecule has 3 aromatic carbocycles. The van der Waals surface area contributed by atoms with Gasteiger partial charge >= 0.3 is 0 Å². The molecule has 0 N–H and O–H groups in total. The fraction of sp³-hybridized carbons (Fsp3) is 0.269. The van der Waals surface area contributed by atoms with Crippen molar-refractivity contribution in [3.8, 4) is 5.75 Å². The summed E-state index contributed by atoms with van der Waals surface area (Å²) in [6.07, 6.45) is 1.80. The van der Waals surface area contributed by atoms with Crippen LogP contribution in [0.3, 0.4) is 0 Å². The summed E-state index contributed by atoms with van der Waals surface area (Å²) in [4.78, 5) is 15.5. The number of hydrogen-bond acceptors (Lipinski definition) is 4. The van der Waals surface area contributed by atoms with Crippen molar-refractivity contribution in [2.75, 3.05) is 29.9 Å². The predicted molar refractivity (Wildman–Crippen MR) is 131 cm³/mol. The van der Waals surface area contributed by atoms with E-state index in [0.29, 0.717) is 23.5 Å². The molecular formula is C26H28N2O4S. The number of rotatable bonds is 5. The third kappa shape index (κ3) is 4.09. The van der Waals surface area contributed by atoms with Crippen LogP contribution in [0.1, 0.15) is 33.5 Å². The number of carbonyl (C=O) groups excluding carboxylic acids is 1. The first-order valence-corrected chi connectivity index (χ1v) is 12.3. The van der Waals surface area contributed by atoms with Crippen molar-refractivity contribution in [3.63, 3.8) is 0 Å². The Bertz CT molecular complexity index is 1320. The molecule has 4 rings (SSSR count). The van der Waals surface area contributed by atoms with Gasteiger partial charge in [-0.05, 0) is 67.6 Å². The molecule has 0 saturated carbocycles. The third-order valence-electron chi connectivity index (χ3n) is 6.19. The normalized spacial score (nSPS) is 13.4. The van der Waals surface area contributed by atoms with Gasteiger partial charge in [-0.25, -0.2) is 8.42 Å². The molecule has 1 aliphatic rings. The highest BCUT2D eigenvalue weighted by Gasteiger charge is 2.29. The highest BCUT2D eigenvalue weighted by Crippen LogP contribution is 2.34. The van der Waals surface area contributed by atoms with Crippen LogP contribution < -0.4 is 13.9 Å². The molecule has 1 heterocycles. The fourth-order valence-corrected chi connectivity index (χ4v) is 5.60. The minimum atomic E-state index is -3.91. The van der Waals surface area contributed by atoms with Crippen LogP contribution in [0, 0.1) is 13.8 Å². The number of carbonyl (C=O) groups is 1. The van der Waals surface area contributed by atoms with E-state index in [2.05, 4.69) is 6.07 Å². The second-order valence-electron chi connectivity index (χ2n) is 8.26. The molecule has 0 aromatic heterocycles. The lowest BCUT2D eigenvalue weighted by Crippen LogP contribution is -2.36. The molecule has 0 spiro atoms. The number of anilines is 2. The second-order valence-corrected chi connectivity index (χ2v) is 10.2. The predicted octanol–water partition coefficient (Wildman–Crippen LogP) is 4.73. The number of methoxy groups -OCH3 is 1. The van der Waals surface area contributed by atoms with E-state index in [1.165, 1.54) is 24.5 Å². The van der Waals surface area contributed by atoms with E-state index in [4.69, 9.17) is 4.74 Å². The summed E-state index contributed by atoms with van der Waals surface area (Å²) in [5.41, 5.74) is 4.67. The number of amides is 1. The van der Waals surface area contributed by atoms with Crippen LogP contribution in [0.4, 0.5) is 11.4 Å². The van der Waals surface area contributed by atoms with Crippen LogP contribution in [0.2, 0.25) is 0 Å². The van der Waals surface area contributed by atoms with Crippen molar-refractivity contribution < 1.29 is 17.9 Å². The van der Waals surface area contributed by atoms with Crippen LogP contribution in [0.15, 0.2) is 65.6 Å². The van der Waals surface area contributed by atoms with E-state index < -0.39 is 10.0 Å². The largest absolute Gasteiger partial charge is 0.495 e. The molecule has 0 unspecified atom stereocenters. The van der Waals surface area contributed by atoms with E-state index in [0.717, 1.165) is 35.2 Å². The first-order valence-electron chi connectivity index (χ1n) is 10.9. The number of fused-ring (bicyclic) bond motifs is 1. The summed E-state index contributed by atoms with van der Waals surface area (Å²) in [5, 5.41) is 0. The molecule has 33 heavy (non-hydrogen) atoms. The van der Waals surface area contributed by atoms with Gasteiger partial charge in [-0.3, -0.25) is 9.10 Å². The van der Waals surface area contributed by atoms with Gasteiger partial charge in [0.25, 0.3) is 15.9 Å². The van der Waals surface area contributed by atoms with Gasteiger partial charge in [0.2, 0.25) is 0 Å². The highest BCUT2D eigenvalue weighted by atomic mass is 32.2. The van der Waals surface area contributed by atoms with Gasteiger partial charge in [0, 0.05) is 19.2 Å². The number of ether oxygens (including phenoxy) is 1. The van der Waals surface area contributed by atoms with Crippen molar-refractivity contribution in [1.29, 1.82) is 0 Å². The average molecular weight is 465 g/mol. The maximum Gasteiger partial charge on any atom is 0.264 e. The van der Waals surface area contributed by atoms with Crippen LogP contribution in [-0.4, -0.2) is 35.0 Å². The quantitative estimate of drug-likeness (QED) is 0.548. The second kappa shape index (κ2) is 8.90. The molecule has 0 bridgehead atoms. The molecule has 0 atom stereocenters. The van der Waals surface area contributed by atoms with E-state index in [1.807, 2.05) is 26.0 Å². The molecule has 172 valence electrons. The Labute approximate surface area is 195 Å². The lowest BCUT2D eigenvalue weighted by atomic mass is 9.97. The number of nitrogens with zero attached hydrogens (tertiary/aromatic N) is 2. The summed E-state index contributed by atoms with van der Waals surface area (Å²) < 4.78 is 33.4. The van der Waals surface area contributed by atoms with Gasteiger partial charge in [-0.15, -0.1) is 0 Å². The first kappa shape index (κ1) is 22.9. The molecule has 1 amide bonds. The number of para-hydroxylation sites is 3. The first-order chi connectivity index (χ1) is 15.8. The number of sulfonamides is 1. The maximum atomic E-state index is 13.7. The number of aryl methyl sites for hydroxylation is 3. The Kier molecular flexibility index (Phi) is 6.17. The Morgan fingerprint density at radius 2 is 1.76 bits per heavy atom. The van der Waals surface area contributed by atoms with E-state index >= 15 is 0 Å². The van der Waals surface area contributed by atoms with E-state index in [1.54, 1.807) is 41.3 Å². The van der Waals surface area contributed by atoms with Crippen LogP contribution in [-0.2, 0) is 16.4 Å². The lowest BCUT2D eigenvalue weighted by Gasteiger charge is -2.31. The van der Waals surface area contributed by atoms with E-state index in [-0.39, 0.29) is 10.8 Å². The minimum absolute atomic E-state index is 0.0619. The Morgan fingerprint density at radius 1 is 1.00 bits per heavy atom. The van der Waals surface area contributed by atoms with Gasteiger partial charge in [-0.1, -0.05) is 36.4 Å². The molecule has 0 radical (unpaired) electrons. The van der Waals surface area contributed by atoms with Crippen molar-refractivity contribution >= 4 is 27.3 Å². The Morgan fingerprint density at radius 3 is 2.52 bits per heavy atom. The van der Waals surface area contributed by atoms with Gasteiger partial charge in [-0.2, -0.15) is 0 Å². The summed E-state index contributed by atoms with van der Waals surface area (Å²) in [7, 11) is -0.929. The molecular weight excluding hydrogens is 436 g/mol. The van der Waals surface area contributed by atoms with Crippen molar-refractivity contribution in [2.45, 2.75) is 31.6 Å². The lowest BCUT2D eigenvalue weighted by molar-refractivity contribution is 0.0984. The maximum absolute atomic E-state index is 13.7. The highest BCUT2D eigenvalue weighted by molar-refractivity contribution is 7.92. The van der Waals surface area contributed by atoms with Gasteiger partial charge < -0.3 is 9.64 Å². The van der Waals surface area contributed by atoms with Crippen molar-refractivity contribution in [2.24, 2.45) is 0 Å². The Balaban J connectivity index is 1.74. The standard InChI is InChI=1S/C26H28N2O4S/c1-18-14-15-21(33(30,31)27(3)23-12-5-6-13-24(23)32-4)17-22(18)26(29)28-16-8-11-20-10-7-9-19(2)25(20)28/h5-7,9-10,12-15,17H,8,11,16H2,1-4H3. The number of hydrogen-bond donors (Lipinski definition) is 0. The van der Waals surface area contributed by atoms with Crippen LogP contribution in [0.25, 0.3) is 0 Å². The molecule has 3 aromatic rings. The van der Waals surface area contributed by atoms with Crippen LogP contribution in [0.5, 0.6) is 5.75 Å². The molecule has 7 heteroatoms. The summed E-state index contributed by atoms with van der Waals surface area (Å²) in [5.74, 6) is 0.270. The zero-order chi connectivity index (χ0) is 23.8. The smallest absolute Gasteiger partial charge is 0.264 e. The zero-order valence-corrected chi connectivity index (χ0v) is 20.1. The molecule has 0 aliphatic carbocycles. The van der Waals surface area contributed by atoms with Crippen LogP contribution >= 0.6 is 0 Å². The topological polar surface area (TPSA) is 66.9 Å². The monoisotopic (exact) mass is 464 g/mol. The number of benzene rings is 3. The van der Waals surface area contributed by atoms with Crippen molar-refractivity contribution in [1.82, 2.24) is 0 Å². The molecule has 6 nitrogen and oxygen atoms in total. The zero-order valence-electron chi connectivity index (χ0n) is 19.3. The van der Waals surface area contributed by atoms with Gasteiger partial charge in [0.05, 0.1) is 23.4 Å². The van der Waals surface area contributed by atoms with E-state index in [9.17, 15) is 13.2 Å². The third-order valence-corrected chi connectivity index (χ3v) is 7.95. The van der Waals surface area contributed by atoms with Crippen molar-refractivity contribution in [3.05, 3.63) is 82.9 Å². The summed E-state index contributed by atoms with van der Waals surface area (Å²) >= 11 is 0.